The quantitative estimate of drug-likeness (QED) is 0.892. The highest BCUT2D eigenvalue weighted by Crippen LogP contribution is 2.22. The molecule has 0 aliphatic carbocycles. The van der Waals surface area contributed by atoms with Crippen molar-refractivity contribution in [3.63, 3.8) is 0 Å². The van der Waals surface area contributed by atoms with Crippen molar-refractivity contribution in [3.8, 4) is 0 Å². The Kier molecular flexibility index (Phi) is 3.43. The maximum atomic E-state index is 11.9. The third-order valence-corrected chi connectivity index (χ3v) is 3.36. The van der Waals surface area contributed by atoms with Gasteiger partial charge in [-0.05, 0) is 30.0 Å². The number of carboxylic acid groups (broad SMARTS) is 1. The number of amides is 1. The van der Waals surface area contributed by atoms with E-state index >= 15 is 0 Å². The van der Waals surface area contributed by atoms with Crippen LogP contribution in [-0.2, 0) is 0 Å². The van der Waals surface area contributed by atoms with Crippen LogP contribution in [0.5, 0.6) is 0 Å². The first-order chi connectivity index (χ1) is 8.59. The molecule has 18 heavy (non-hydrogen) atoms. The molecule has 2 N–H and O–H groups in total. The van der Waals surface area contributed by atoms with Crippen molar-refractivity contribution in [1.29, 1.82) is 0 Å². The second-order valence-electron chi connectivity index (χ2n) is 3.73. The number of carbonyl (C=O) groups excluding carboxylic acids is 1. The van der Waals surface area contributed by atoms with E-state index in [9.17, 15) is 9.59 Å². The van der Waals surface area contributed by atoms with Crippen molar-refractivity contribution in [2.75, 3.05) is 5.32 Å². The van der Waals surface area contributed by atoms with Crippen LogP contribution in [0.15, 0.2) is 35.7 Å². The minimum atomic E-state index is -1.06. The molecule has 0 aliphatic rings. The molecule has 5 heteroatoms. The Hall–Kier alpha value is -2.14. The van der Waals surface area contributed by atoms with Gasteiger partial charge >= 0.3 is 5.97 Å². The van der Waals surface area contributed by atoms with E-state index < -0.39 is 5.97 Å². The van der Waals surface area contributed by atoms with Gasteiger partial charge in [0.05, 0.1) is 16.1 Å². The molecule has 0 saturated heterocycles. The number of carbonyl (C=O) groups is 2. The maximum absolute atomic E-state index is 11.9. The molecule has 2 aromatic rings. The van der Waals surface area contributed by atoms with Gasteiger partial charge < -0.3 is 10.4 Å². The van der Waals surface area contributed by atoms with Crippen LogP contribution in [-0.4, -0.2) is 17.0 Å². The van der Waals surface area contributed by atoms with E-state index in [2.05, 4.69) is 5.32 Å². The first-order valence-corrected chi connectivity index (χ1v) is 6.15. The summed E-state index contributed by atoms with van der Waals surface area (Å²) < 4.78 is 0. The molecule has 1 amide bonds. The van der Waals surface area contributed by atoms with Gasteiger partial charge in [0.2, 0.25) is 0 Å². The number of aryl methyl sites for hydroxylation is 1. The van der Waals surface area contributed by atoms with Crippen LogP contribution in [0.1, 0.15) is 25.6 Å². The zero-order valence-electron chi connectivity index (χ0n) is 9.64. The number of para-hydroxylation sites is 1. The molecule has 1 heterocycles. The van der Waals surface area contributed by atoms with Crippen LogP contribution in [0.4, 0.5) is 5.69 Å². The Morgan fingerprint density at radius 3 is 2.61 bits per heavy atom. The molecule has 92 valence electrons. The lowest BCUT2D eigenvalue weighted by molar-refractivity contribution is 0.0698. The molecule has 0 unspecified atom stereocenters. The fourth-order valence-electron chi connectivity index (χ4n) is 1.59. The third-order valence-electron chi connectivity index (χ3n) is 2.49. The van der Waals surface area contributed by atoms with E-state index in [-0.39, 0.29) is 11.5 Å². The standard InChI is InChI=1S/C13H11NO3S/c1-8-4-2-5-9(13(16)17)11(8)14-12(15)10-6-3-7-18-10/h2-7H,1H3,(H,14,15)(H,16,17). The van der Waals surface area contributed by atoms with Gasteiger partial charge in [-0.2, -0.15) is 0 Å². The van der Waals surface area contributed by atoms with Crippen LogP contribution in [0, 0.1) is 6.92 Å². The van der Waals surface area contributed by atoms with E-state index in [1.54, 1.807) is 36.6 Å². The summed E-state index contributed by atoms with van der Waals surface area (Å²) in [6, 6.07) is 8.35. The van der Waals surface area contributed by atoms with Crippen LogP contribution < -0.4 is 5.32 Å². The van der Waals surface area contributed by atoms with Gasteiger partial charge in [0.25, 0.3) is 5.91 Å². The van der Waals surface area contributed by atoms with Crippen molar-refractivity contribution in [1.82, 2.24) is 0 Å². The molecule has 1 aromatic carbocycles. The Balaban J connectivity index is 2.34. The minimum Gasteiger partial charge on any atom is -0.478 e. The smallest absolute Gasteiger partial charge is 0.337 e. The summed E-state index contributed by atoms with van der Waals surface area (Å²) >= 11 is 1.31. The van der Waals surface area contributed by atoms with Crippen molar-refractivity contribution in [3.05, 3.63) is 51.7 Å². The molecule has 1 aromatic heterocycles. The summed E-state index contributed by atoms with van der Waals surface area (Å²) in [4.78, 5) is 23.6. The molecule has 0 bridgehead atoms. The summed E-state index contributed by atoms with van der Waals surface area (Å²) in [5.74, 6) is -1.35. The van der Waals surface area contributed by atoms with Crippen molar-refractivity contribution in [2.45, 2.75) is 6.92 Å². The summed E-state index contributed by atoms with van der Waals surface area (Å²) in [5, 5.41) is 13.5. The third kappa shape index (κ3) is 2.41. The van der Waals surface area contributed by atoms with Crippen LogP contribution in [0.3, 0.4) is 0 Å². The Morgan fingerprint density at radius 1 is 1.22 bits per heavy atom. The highest BCUT2D eigenvalue weighted by atomic mass is 32.1. The highest BCUT2D eigenvalue weighted by Gasteiger charge is 2.15. The number of hydrogen-bond donors (Lipinski definition) is 2. The van der Waals surface area contributed by atoms with Crippen molar-refractivity contribution < 1.29 is 14.7 Å². The van der Waals surface area contributed by atoms with Crippen LogP contribution in [0.25, 0.3) is 0 Å². The van der Waals surface area contributed by atoms with Crippen molar-refractivity contribution >= 4 is 28.9 Å². The van der Waals surface area contributed by atoms with E-state index in [4.69, 9.17) is 5.11 Å². The van der Waals surface area contributed by atoms with Crippen LogP contribution in [0.2, 0.25) is 0 Å². The summed E-state index contributed by atoms with van der Waals surface area (Å²) in [7, 11) is 0. The number of rotatable bonds is 3. The molecule has 0 atom stereocenters. The Labute approximate surface area is 108 Å². The monoisotopic (exact) mass is 261 g/mol. The Bertz CT molecular complexity index is 590. The molecule has 0 aliphatic heterocycles. The zero-order valence-corrected chi connectivity index (χ0v) is 10.5. The van der Waals surface area contributed by atoms with Gasteiger partial charge in [-0.15, -0.1) is 11.3 Å². The lowest BCUT2D eigenvalue weighted by atomic mass is 10.1. The van der Waals surface area contributed by atoms with Gasteiger partial charge in [-0.25, -0.2) is 4.79 Å². The second-order valence-corrected chi connectivity index (χ2v) is 4.68. The molecule has 2 rings (SSSR count). The summed E-state index contributed by atoms with van der Waals surface area (Å²) in [6.45, 7) is 1.76. The SMILES string of the molecule is Cc1cccc(C(=O)O)c1NC(=O)c1cccs1. The minimum absolute atomic E-state index is 0.0971. The van der Waals surface area contributed by atoms with Gasteiger partial charge in [0.1, 0.15) is 0 Å². The fourth-order valence-corrected chi connectivity index (χ4v) is 2.21. The first-order valence-electron chi connectivity index (χ1n) is 5.27. The maximum Gasteiger partial charge on any atom is 0.337 e. The average molecular weight is 261 g/mol. The molecular formula is C13H11NO3S. The largest absolute Gasteiger partial charge is 0.478 e. The Morgan fingerprint density at radius 2 is 2.00 bits per heavy atom. The number of benzene rings is 1. The lowest BCUT2D eigenvalue weighted by Gasteiger charge is -2.10. The normalized spacial score (nSPS) is 10.1. The van der Waals surface area contributed by atoms with Crippen molar-refractivity contribution in [2.24, 2.45) is 0 Å². The highest BCUT2D eigenvalue weighted by molar-refractivity contribution is 7.12. The number of anilines is 1. The first kappa shape index (κ1) is 12.3. The molecule has 0 radical (unpaired) electrons. The van der Waals surface area contributed by atoms with E-state index in [0.29, 0.717) is 10.6 Å². The molecular weight excluding hydrogens is 250 g/mol. The number of aromatic carboxylic acids is 1. The van der Waals surface area contributed by atoms with E-state index in [1.807, 2.05) is 0 Å². The molecule has 0 spiro atoms. The molecule has 0 fully saturated rings. The number of carboxylic acids is 1. The average Bonchev–Trinajstić information content (AvgIpc) is 2.85. The molecule has 4 nitrogen and oxygen atoms in total. The number of thiophene rings is 1. The summed E-state index contributed by atoms with van der Waals surface area (Å²) in [6.07, 6.45) is 0. The predicted molar refractivity (Wildman–Crippen MR) is 70.4 cm³/mol. The second kappa shape index (κ2) is 5.01. The molecule has 0 saturated carbocycles. The number of nitrogens with one attached hydrogen (secondary N) is 1. The zero-order chi connectivity index (χ0) is 13.1. The van der Waals surface area contributed by atoms with E-state index in [0.717, 1.165) is 5.56 Å². The predicted octanol–water partition coefficient (Wildman–Crippen LogP) is 3.01. The lowest BCUT2D eigenvalue weighted by Crippen LogP contribution is -2.14. The van der Waals surface area contributed by atoms with Crippen LogP contribution >= 0.6 is 11.3 Å². The number of hydrogen-bond acceptors (Lipinski definition) is 3. The summed E-state index contributed by atoms with van der Waals surface area (Å²) in [5.41, 5.74) is 1.17. The van der Waals surface area contributed by atoms with Gasteiger partial charge in [-0.1, -0.05) is 18.2 Å². The van der Waals surface area contributed by atoms with Gasteiger partial charge in [0, 0.05) is 0 Å². The van der Waals surface area contributed by atoms with Gasteiger partial charge in [0.15, 0.2) is 0 Å². The van der Waals surface area contributed by atoms with Gasteiger partial charge in [-0.3, -0.25) is 4.79 Å². The fraction of sp³-hybridized carbons (Fsp3) is 0.0769. The topological polar surface area (TPSA) is 66.4 Å². The van der Waals surface area contributed by atoms with E-state index in [1.165, 1.54) is 17.4 Å².